The molecule has 0 aromatic heterocycles. The number of nitrogens with two attached hydrogens (primary N) is 1. The molecule has 2 aromatic carbocycles. The zero-order valence-corrected chi connectivity index (χ0v) is 12.1. The highest BCUT2D eigenvalue weighted by atomic mass is 19.1. The second kappa shape index (κ2) is 5.74. The molecule has 1 atom stereocenters. The van der Waals surface area contributed by atoms with Crippen molar-refractivity contribution in [1.82, 2.24) is 0 Å². The van der Waals surface area contributed by atoms with Gasteiger partial charge in [0.2, 0.25) is 0 Å². The van der Waals surface area contributed by atoms with E-state index in [4.69, 9.17) is 10.5 Å². The molecule has 0 amide bonds. The third-order valence-corrected chi connectivity index (χ3v) is 3.89. The number of hydrogen-bond acceptors (Lipinski definition) is 3. The van der Waals surface area contributed by atoms with E-state index in [9.17, 15) is 4.39 Å². The first-order valence-corrected chi connectivity index (χ1v) is 7.08. The van der Waals surface area contributed by atoms with Gasteiger partial charge >= 0.3 is 0 Å². The minimum Gasteiger partial charge on any atom is -0.497 e. The average molecular weight is 286 g/mol. The van der Waals surface area contributed by atoms with Crippen LogP contribution in [-0.4, -0.2) is 19.7 Å². The summed E-state index contributed by atoms with van der Waals surface area (Å²) >= 11 is 0. The van der Waals surface area contributed by atoms with E-state index in [1.165, 1.54) is 18.7 Å². The van der Waals surface area contributed by atoms with Crippen LogP contribution >= 0.6 is 0 Å². The highest BCUT2D eigenvalue weighted by Gasteiger charge is 2.22. The van der Waals surface area contributed by atoms with Gasteiger partial charge in [-0.3, -0.25) is 0 Å². The molecule has 110 valence electrons. The first-order valence-electron chi connectivity index (χ1n) is 7.08. The molecule has 2 N–H and O–H groups in total. The van der Waals surface area contributed by atoms with Gasteiger partial charge in [0.15, 0.2) is 0 Å². The van der Waals surface area contributed by atoms with Gasteiger partial charge in [0.05, 0.1) is 7.11 Å². The molecule has 0 bridgehead atoms. The van der Waals surface area contributed by atoms with Crippen LogP contribution in [0.15, 0.2) is 42.5 Å². The summed E-state index contributed by atoms with van der Waals surface area (Å²) in [5.41, 5.74) is 9.15. The molecule has 0 spiro atoms. The standard InChI is InChI=1S/C17H19FN2O/c1-21-15-7-6-13(16(18)9-15)10-20-11-14(19)8-12-4-2-3-5-17(12)20/h2-7,9,14H,8,10-11,19H2,1H3. The molecule has 1 heterocycles. The number of anilines is 1. The zero-order chi connectivity index (χ0) is 14.8. The van der Waals surface area contributed by atoms with E-state index in [1.54, 1.807) is 12.1 Å². The van der Waals surface area contributed by atoms with Gasteiger partial charge in [-0.2, -0.15) is 0 Å². The highest BCUT2D eigenvalue weighted by molar-refractivity contribution is 5.56. The third kappa shape index (κ3) is 2.85. The van der Waals surface area contributed by atoms with Crippen LogP contribution in [0, 0.1) is 5.82 Å². The fourth-order valence-electron chi connectivity index (χ4n) is 2.86. The van der Waals surface area contributed by atoms with Crippen molar-refractivity contribution in [3.63, 3.8) is 0 Å². The predicted molar refractivity (Wildman–Crippen MR) is 82.1 cm³/mol. The topological polar surface area (TPSA) is 38.5 Å². The quantitative estimate of drug-likeness (QED) is 0.943. The number of nitrogens with zero attached hydrogens (tertiary/aromatic N) is 1. The third-order valence-electron chi connectivity index (χ3n) is 3.89. The molecule has 2 aromatic rings. The van der Waals surface area contributed by atoms with Gasteiger partial charge in [-0.15, -0.1) is 0 Å². The number of ether oxygens (including phenoxy) is 1. The van der Waals surface area contributed by atoms with Crippen molar-refractivity contribution in [3.8, 4) is 5.75 Å². The fourth-order valence-corrected chi connectivity index (χ4v) is 2.86. The predicted octanol–water partition coefficient (Wildman–Crippen LogP) is 2.72. The smallest absolute Gasteiger partial charge is 0.131 e. The van der Waals surface area contributed by atoms with Crippen LogP contribution in [0.2, 0.25) is 0 Å². The normalized spacial score (nSPS) is 17.5. The minimum absolute atomic E-state index is 0.0845. The van der Waals surface area contributed by atoms with Crippen LogP contribution in [0.5, 0.6) is 5.75 Å². The number of benzene rings is 2. The van der Waals surface area contributed by atoms with Gasteiger partial charge in [0, 0.05) is 36.4 Å². The minimum atomic E-state index is -0.244. The second-order valence-corrected chi connectivity index (χ2v) is 5.43. The Balaban J connectivity index is 1.88. The van der Waals surface area contributed by atoms with Crippen LogP contribution in [0.25, 0.3) is 0 Å². The summed E-state index contributed by atoms with van der Waals surface area (Å²) in [5, 5.41) is 0. The van der Waals surface area contributed by atoms with Crippen LogP contribution in [0.3, 0.4) is 0 Å². The highest BCUT2D eigenvalue weighted by Crippen LogP contribution is 2.28. The molecule has 0 fully saturated rings. The lowest BCUT2D eigenvalue weighted by atomic mass is 9.98. The van der Waals surface area contributed by atoms with E-state index < -0.39 is 0 Å². The van der Waals surface area contributed by atoms with Gasteiger partial charge in [0.25, 0.3) is 0 Å². The van der Waals surface area contributed by atoms with Crippen molar-refractivity contribution in [2.75, 3.05) is 18.6 Å². The summed E-state index contributed by atoms with van der Waals surface area (Å²) in [6.07, 6.45) is 0.873. The lowest BCUT2D eigenvalue weighted by molar-refractivity contribution is 0.410. The van der Waals surface area contributed by atoms with Crippen molar-refractivity contribution in [2.45, 2.75) is 19.0 Å². The van der Waals surface area contributed by atoms with E-state index in [1.807, 2.05) is 12.1 Å². The maximum Gasteiger partial charge on any atom is 0.131 e. The molecular weight excluding hydrogens is 267 g/mol. The molecular formula is C17H19FN2O. The van der Waals surface area contributed by atoms with Gasteiger partial charge < -0.3 is 15.4 Å². The number of hydrogen-bond donors (Lipinski definition) is 1. The van der Waals surface area contributed by atoms with E-state index in [0.717, 1.165) is 18.7 Å². The van der Waals surface area contributed by atoms with Crippen LogP contribution in [0.1, 0.15) is 11.1 Å². The van der Waals surface area contributed by atoms with Crippen LogP contribution in [-0.2, 0) is 13.0 Å². The van der Waals surface area contributed by atoms with E-state index >= 15 is 0 Å². The molecule has 0 saturated carbocycles. The van der Waals surface area contributed by atoms with Gasteiger partial charge in [-0.1, -0.05) is 24.3 Å². The maximum absolute atomic E-state index is 14.1. The molecule has 3 nitrogen and oxygen atoms in total. The van der Waals surface area contributed by atoms with E-state index in [0.29, 0.717) is 17.9 Å². The Bertz CT molecular complexity index is 644. The van der Waals surface area contributed by atoms with Crippen molar-refractivity contribution in [3.05, 3.63) is 59.4 Å². The molecule has 0 saturated heterocycles. The number of methoxy groups -OCH3 is 1. The number of para-hydroxylation sites is 1. The van der Waals surface area contributed by atoms with Gasteiger partial charge in [-0.05, 0) is 24.1 Å². The van der Waals surface area contributed by atoms with Crippen molar-refractivity contribution in [2.24, 2.45) is 5.73 Å². The molecule has 0 radical (unpaired) electrons. The summed E-state index contributed by atoms with van der Waals surface area (Å²) < 4.78 is 19.2. The Hall–Kier alpha value is -2.07. The number of fused-ring (bicyclic) bond motifs is 1. The zero-order valence-electron chi connectivity index (χ0n) is 12.1. The molecule has 0 aliphatic carbocycles. The van der Waals surface area contributed by atoms with E-state index in [-0.39, 0.29) is 11.9 Å². The first kappa shape index (κ1) is 13.9. The molecule has 1 aliphatic rings. The number of halogens is 1. The molecule has 21 heavy (non-hydrogen) atoms. The number of rotatable bonds is 3. The summed E-state index contributed by atoms with van der Waals surface area (Å²) in [7, 11) is 1.54. The molecule has 3 rings (SSSR count). The van der Waals surface area contributed by atoms with E-state index in [2.05, 4.69) is 17.0 Å². The Morgan fingerprint density at radius 3 is 2.86 bits per heavy atom. The van der Waals surface area contributed by atoms with Crippen molar-refractivity contribution >= 4 is 5.69 Å². The summed E-state index contributed by atoms with van der Waals surface area (Å²) in [5.74, 6) is 0.290. The maximum atomic E-state index is 14.1. The SMILES string of the molecule is COc1ccc(CN2CC(N)Cc3ccccc32)c(F)c1. The molecule has 4 heteroatoms. The first-order chi connectivity index (χ1) is 10.2. The Morgan fingerprint density at radius 1 is 1.29 bits per heavy atom. The molecule has 1 unspecified atom stereocenters. The monoisotopic (exact) mass is 286 g/mol. The largest absolute Gasteiger partial charge is 0.497 e. The second-order valence-electron chi connectivity index (χ2n) is 5.43. The Morgan fingerprint density at radius 2 is 2.10 bits per heavy atom. The van der Waals surface area contributed by atoms with Crippen molar-refractivity contribution < 1.29 is 9.13 Å². The Labute approximate surface area is 124 Å². The van der Waals surface area contributed by atoms with Gasteiger partial charge in [0.1, 0.15) is 11.6 Å². The summed E-state index contributed by atoms with van der Waals surface area (Å²) in [4.78, 5) is 2.15. The molecule has 1 aliphatic heterocycles. The lowest BCUT2D eigenvalue weighted by Crippen LogP contribution is -2.43. The van der Waals surface area contributed by atoms with Crippen molar-refractivity contribution in [1.29, 1.82) is 0 Å². The average Bonchev–Trinajstić information content (AvgIpc) is 2.49. The lowest BCUT2D eigenvalue weighted by Gasteiger charge is -2.34. The summed E-state index contributed by atoms with van der Waals surface area (Å²) in [6, 6.07) is 13.3. The van der Waals surface area contributed by atoms with Crippen LogP contribution < -0.4 is 15.4 Å². The van der Waals surface area contributed by atoms with Gasteiger partial charge in [-0.25, -0.2) is 4.39 Å². The fraction of sp³-hybridized carbons (Fsp3) is 0.294. The Kier molecular flexibility index (Phi) is 3.80. The summed E-state index contributed by atoms with van der Waals surface area (Å²) in [6.45, 7) is 1.25. The van der Waals surface area contributed by atoms with Crippen LogP contribution in [0.4, 0.5) is 10.1 Å².